The van der Waals surface area contributed by atoms with Crippen LogP contribution in [0.4, 0.5) is 4.39 Å². The van der Waals surface area contributed by atoms with Crippen molar-refractivity contribution in [3.05, 3.63) is 30.1 Å². The summed E-state index contributed by atoms with van der Waals surface area (Å²) in [6.07, 6.45) is 2.26. The van der Waals surface area contributed by atoms with E-state index in [0.717, 1.165) is 6.42 Å². The van der Waals surface area contributed by atoms with Gasteiger partial charge >= 0.3 is 0 Å². The topological polar surface area (TPSA) is 58.6 Å². The summed E-state index contributed by atoms with van der Waals surface area (Å²) in [6, 6.07) is 5.79. The van der Waals surface area contributed by atoms with Crippen molar-refractivity contribution in [3.8, 4) is 5.75 Å². The van der Waals surface area contributed by atoms with Crippen LogP contribution in [0.5, 0.6) is 5.75 Å². The van der Waals surface area contributed by atoms with Crippen LogP contribution in [-0.4, -0.2) is 29.8 Å². The molecule has 0 saturated carbocycles. The molecule has 0 spiro atoms. The molecule has 0 aromatic heterocycles. The lowest BCUT2D eigenvalue weighted by Gasteiger charge is -2.29. The molecule has 1 aromatic carbocycles. The van der Waals surface area contributed by atoms with Crippen molar-refractivity contribution in [3.63, 3.8) is 0 Å². The molecule has 0 fully saturated rings. The van der Waals surface area contributed by atoms with Gasteiger partial charge in [-0.1, -0.05) is 6.92 Å². The Morgan fingerprint density at radius 2 is 2.05 bits per heavy atom. The Hall–Kier alpha value is -1.62. The van der Waals surface area contributed by atoms with E-state index in [9.17, 15) is 9.18 Å². The summed E-state index contributed by atoms with van der Waals surface area (Å²) >= 11 is 0. The number of aliphatic hydroxyl groups is 1. The van der Waals surface area contributed by atoms with Gasteiger partial charge < -0.3 is 15.2 Å². The zero-order chi connectivity index (χ0) is 15.7. The summed E-state index contributed by atoms with van der Waals surface area (Å²) in [5, 5.41) is 12.0. The van der Waals surface area contributed by atoms with Crippen LogP contribution in [0, 0.1) is 5.82 Å². The van der Waals surface area contributed by atoms with Gasteiger partial charge in [0.25, 0.3) is 0 Å². The van der Waals surface area contributed by atoms with Crippen LogP contribution < -0.4 is 10.1 Å². The van der Waals surface area contributed by atoms with E-state index in [1.54, 1.807) is 12.1 Å². The van der Waals surface area contributed by atoms with Crippen molar-refractivity contribution in [1.29, 1.82) is 0 Å². The van der Waals surface area contributed by atoms with Gasteiger partial charge in [0.05, 0.1) is 6.61 Å². The maximum Gasteiger partial charge on any atom is 0.220 e. The highest BCUT2D eigenvalue weighted by Crippen LogP contribution is 2.14. The van der Waals surface area contributed by atoms with Crippen molar-refractivity contribution < 1.29 is 19.0 Å². The number of benzene rings is 1. The van der Waals surface area contributed by atoms with E-state index in [1.165, 1.54) is 12.1 Å². The molecule has 1 aromatic rings. The monoisotopic (exact) mass is 297 g/mol. The van der Waals surface area contributed by atoms with Gasteiger partial charge in [0, 0.05) is 18.6 Å². The van der Waals surface area contributed by atoms with Gasteiger partial charge in [0.1, 0.15) is 11.6 Å². The van der Waals surface area contributed by atoms with E-state index in [4.69, 9.17) is 9.84 Å². The van der Waals surface area contributed by atoms with Crippen molar-refractivity contribution in [1.82, 2.24) is 5.32 Å². The maximum absolute atomic E-state index is 12.7. The van der Waals surface area contributed by atoms with Crippen molar-refractivity contribution in [2.24, 2.45) is 0 Å². The summed E-state index contributed by atoms with van der Waals surface area (Å²) in [4.78, 5) is 11.9. The number of ether oxygens (including phenoxy) is 1. The first-order valence-electron chi connectivity index (χ1n) is 7.29. The smallest absolute Gasteiger partial charge is 0.220 e. The van der Waals surface area contributed by atoms with Gasteiger partial charge in [0.15, 0.2) is 0 Å². The summed E-state index contributed by atoms with van der Waals surface area (Å²) in [6.45, 7) is 4.36. The van der Waals surface area contributed by atoms with E-state index < -0.39 is 0 Å². The van der Waals surface area contributed by atoms with Crippen LogP contribution in [0.25, 0.3) is 0 Å². The van der Waals surface area contributed by atoms with E-state index in [2.05, 4.69) is 5.32 Å². The number of carbonyl (C=O) groups excluding carboxylic acids is 1. The molecule has 0 radical (unpaired) electrons. The summed E-state index contributed by atoms with van der Waals surface area (Å²) in [5.41, 5.74) is -0.357. The van der Waals surface area contributed by atoms with E-state index in [1.807, 2.05) is 13.8 Å². The summed E-state index contributed by atoms with van der Waals surface area (Å²) in [7, 11) is 0. The predicted molar refractivity (Wildman–Crippen MR) is 79.7 cm³/mol. The second-order valence-corrected chi connectivity index (χ2v) is 5.34. The highest BCUT2D eigenvalue weighted by atomic mass is 19.1. The van der Waals surface area contributed by atoms with Gasteiger partial charge in [-0.15, -0.1) is 0 Å². The van der Waals surface area contributed by atoms with E-state index in [0.29, 0.717) is 31.6 Å². The highest BCUT2D eigenvalue weighted by molar-refractivity contribution is 5.76. The summed E-state index contributed by atoms with van der Waals surface area (Å²) in [5.74, 6) is 0.246. The number of hydrogen-bond acceptors (Lipinski definition) is 3. The molecule has 1 amide bonds. The van der Waals surface area contributed by atoms with Crippen LogP contribution in [-0.2, 0) is 4.79 Å². The maximum atomic E-state index is 12.7. The molecular weight excluding hydrogens is 273 g/mol. The number of carbonyl (C=O) groups is 1. The molecular formula is C16H24FNO3. The van der Waals surface area contributed by atoms with Crippen LogP contribution in [0.2, 0.25) is 0 Å². The number of nitrogens with one attached hydrogen (secondary N) is 1. The zero-order valence-electron chi connectivity index (χ0n) is 12.7. The molecule has 4 nitrogen and oxygen atoms in total. The number of hydrogen-bond donors (Lipinski definition) is 2. The third-order valence-electron chi connectivity index (χ3n) is 3.52. The normalized spacial score (nSPS) is 13.5. The van der Waals surface area contributed by atoms with Crippen LogP contribution in [0.3, 0.4) is 0 Å². The molecule has 0 aliphatic carbocycles. The minimum Gasteiger partial charge on any atom is -0.494 e. The lowest BCUT2D eigenvalue weighted by molar-refractivity contribution is -0.123. The minimum atomic E-state index is -0.357. The van der Waals surface area contributed by atoms with Gasteiger partial charge in [-0.05, 0) is 50.5 Å². The van der Waals surface area contributed by atoms with Gasteiger partial charge in [-0.25, -0.2) is 4.39 Å². The minimum absolute atomic E-state index is 0.0458. The molecule has 21 heavy (non-hydrogen) atoms. The van der Waals surface area contributed by atoms with Gasteiger partial charge in [-0.2, -0.15) is 0 Å². The molecule has 0 heterocycles. The fourth-order valence-corrected chi connectivity index (χ4v) is 1.93. The quantitative estimate of drug-likeness (QED) is 0.689. The molecule has 0 aliphatic rings. The standard InChI is InChI=1S/C16H24FNO3/c1-3-16(2,10-11-19)18-15(20)5-4-12-21-14-8-6-13(17)7-9-14/h6-9,19H,3-5,10-12H2,1-2H3,(H,18,20). The van der Waals surface area contributed by atoms with Crippen molar-refractivity contribution >= 4 is 5.91 Å². The zero-order valence-corrected chi connectivity index (χ0v) is 12.7. The molecule has 0 bridgehead atoms. The number of amides is 1. The Morgan fingerprint density at radius 1 is 1.38 bits per heavy atom. The molecule has 0 saturated heterocycles. The van der Waals surface area contributed by atoms with Crippen LogP contribution in [0.1, 0.15) is 39.5 Å². The Labute approximate surface area is 125 Å². The first-order valence-corrected chi connectivity index (χ1v) is 7.29. The van der Waals surface area contributed by atoms with Crippen LogP contribution >= 0.6 is 0 Å². The molecule has 1 rings (SSSR count). The first-order chi connectivity index (χ1) is 9.99. The molecule has 1 unspecified atom stereocenters. The molecule has 0 aliphatic heterocycles. The third kappa shape index (κ3) is 6.58. The molecule has 1 atom stereocenters. The molecule has 118 valence electrons. The third-order valence-corrected chi connectivity index (χ3v) is 3.52. The first kappa shape index (κ1) is 17.4. The number of halogens is 1. The van der Waals surface area contributed by atoms with Gasteiger partial charge in [-0.3, -0.25) is 4.79 Å². The average molecular weight is 297 g/mol. The fourth-order valence-electron chi connectivity index (χ4n) is 1.93. The number of aliphatic hydroxyl groups excluding tert-OH is 1. The van der Waals surface area contributed by atoms with Gasteiger partial charge in [0.2, 0.25) is 5.91 Å². The largest absolute Gasteiger partial charge is 0.494 e. The highest BCUT2D eigenvalue weighted by Gasteiger charge is 2.23. The fraction of sp³-hybridized carbons (Fsp3) is 0.562. The Kier molecular flexibility index (Phi) is 7.15. The average Bonchev–Trinajstić information content (AvgIpc) is 2.45. The second kappa shape index (κ2) is 8.62. The Balaban J connectivity index is 2.25. The van der Waals surface area contributed by atoms with Crippen molar-refractivity contribution in [2.45, 2.75) is 45.1 Å². The lowest BCUT2D eigenvalue weighted by atomic mass is 9.94. The van der Waals surface area contributed by atoms with E-state index >= 15 is 0 Å². The predicted octanol–water partition coefficient (Wildman–Crippen LogP) is 2.65. The van der Waals surface area contributed by atoms with Crippen LogP contribution in [0.15, 0.2) is 24.3 Å². The Bertz CT molecular complexity index is 436. The Morgan fingerprint density at radius 3 is 2.62 bits per heavy atom. The van der Waals surface area contributed by atoms with E-state index in [-0.39, 0.29) is 23.9 Å². The summed E-state index contributed by atoms with van der Waals surface area (Å²) < 4.78 is 18.1. The lowest BCUT2D eigenvalue weighted by Crippen LogP contribution is -2.46. The molecule has 5 heteroatoms. The molecule has 2 N–H and O–H groups in total. The SMILES string of the molecule is CCC(C)(CCO)NC(=O)CCCOc1ccc(F)cc1. The second-order valence-electron chi connectivity index (χ2n) is 5.34. The van der Waals surface area contributed by atoms with Crippen molar-refractivity contribution in [2.75, 3.05) is 13.2 Å². The number of rotatable bonds is 9.